The van der Waals surface area contributed by atoms with Gasteiger partial charge in [-0.3, -0.25) is 0 Å². The number of carbonyl (C=O) groups is 4. The van der Waals surface area contributed by atoms with Gasteiger partial charge in [-0.2, -0.15) is 0 Å². The summed E-state index contributed by atoms with van der Waals surface area (Å²) in [5.74, 6) is -4.14. The van der Waals surface area contributed by atoms with E-state index in [9.17, 15) is 39.6 Å². The Morgan fingerprint density at radius 2 is 0.488 bits per heavy atom. The van der Waals surface area contributed by atoms with Gasteiger partial charge in [-0.15, -0.1) is 0 Å². The number of hydrogen-bond acceptors (Lipinski definition) is 8. The number of aliphatic carboxylic acids is 4. The maximum Gasteiger partial charge on any atom is 4.00 e. The Morgan fingerprint density at radius 1 is 0.341 bits per heavy atom. The van der Waals surface area contributed by atoms with Crippen LogP contribution in [-0.4, -0.2) is 23.9 Å². The number of carbonyl (C=O) groups excluding carboxylic acids is 4. The van der Waals surface area contributed by atoms with E-state index in [1.807, 2.05) is 24.3 Å². The van der Waals surface area contributed by atoms with Gasteiger partial charge in [-0.05, 0) is 22.3 Å². The van der Waals surface area contributed by atoms with E-state index < -0.39 is 23.9 Å². The quantitative estimate of drug-likeness (QED) is 0.261. The first-order valence-corrected chi connectivity index (χ1v) is 12.1. The Balaban J connectivity index is 0.000000516. The van der Waals surface area contributed by atoms with Crippen LogP contribution in [0.1, 0.15) is 22.3 Å². The van der Waals surface area contributed by atoms with Crippen molar-refractivity contribution in [3.8, 4) is 0 Å². The van der Waals surface area contributed by atoms with Crippen molar-refractivity contribution in [2.75, 3.05) is 0 Å². The minimum atomic E-state index is -1.04. The fourth-order valence-corrected chi connectivity index (χ4v) is 3.05. The second-order valence-corrected chi connectivity index (χ2v) is 8.14. The van der Waals surface area contributed by atoms with E-state index in [1.54, 1.807) is 97.1 Å². The van der Waals surface area contributed by atoms with Crippen molar-refractivity contribution in [2.24, 2.45) is 0 Å². The second kappa shape index (κ2) is 22.5. The minimum absolute atomic E-state index is 0. The Kier molecular flexibility index (Phi) is 20.1. The smallest absolute Gasteiger partial charge is 0.550 e. The predicted octanol–water partition coefficient (Wildman–Crippen LogP) is -0.0865. The van der Waals surface area contributed by atoms with Crippen LogP contribution in [0.15, 0.2) is 121 Å². The summed E-state index contributed by atoms with van der Waals surface area (Å²) in [4.78, 5) is 40.2. The van der Waals surface area contributed by atoms with E-state index in [-0.39, 0.29) is 51.9 Å². The molecule has 0 amide bonds. The van der Waals surface area contributed by atoms with Crippen molar-refractivity contribution in [3.63, 3.8) is 0 Å². The van der Waals surface area contributed by atoms with Gasteiger partial charge in [0.1, 0.15) is 0 Å². The molecule has 0 aliphatic heterocycles. The van der Waals surface area contributed by atoms with E-state index in [0.29, 0.717) is 0 Å². The Bertz CT molecular complexity index is 1080. The van der Waals surface area contributed by atoms with Gasteiger partial charge in [0, 0.05) is 49.6 Å². The van der Waals surface area contributed by atoms with Crippen molar-refractivity contribution in [2.45, 2.75) is 25.7 Å². The van der Waals surface area contributed by atoms with Crippen LogP contribution in [0.25, 0.3) is 0 Å². The molecule has 41 heavy (non-hydrogen) atoms. The third-order valence-electron chi connectivity index (χ3n) is 4.77. The summed E-state index contributed by atoms with van der Waals surface area (Å²) in [5.41, 5.74) is 3.12. The fraction of sp³-hybridized carbons (Fsp3) is 0.125. The summed E-state index contributed by atoms with van der Waals surface area (Å²) in [5, 5.41) is 40.2. The van der Waals surface area contributed by atoms with Crippen molar-refractivity contribution < 1.29 is 65.8 Å². The van der Waals surface area contributed by atoms with E-state index >= 15 is 0 Å². The third kappa shape index (κ3) is 21.2. The van der Waals surface area contributed by atoms with E-state index in [1.165, 1.54) is 0 Å². The first kappa shape index (κ1) is 36.6. The van der Waals surface area contributed by atoms with Crippen LogP contribution < -0.4 is 20.4 Å². The minimum Gasteiger partial charge on any atom is -0.550 e. The van der Waals surface area contributed by atoms with Gasteiger partial charge >= 0.3 is 26.2 Å². The van der Waals surface area contributed by atoms with Crippen molar-refractivity contribution in [1.82, 2.24) is 0 Å². The molecule has 0 radical (unpaired) electrons. The summed E-state index contributed by atoms with van der Waals surface area (Å²) in [6, 6.07) is 35.9. The standard InChI is InChI=1S/4C8H8O2.Zr/c4*9-8(10)6-7-4-2-1-3-5-7;/h4*1-5H,6H2,(H,9,10);/q;;;;+4/p-4. The molecule has 4 aromatic rings. The van der Waals surface area contributed by atoms with Crippen molar-refractivity contribution >= 4 is 23.9 Å². The molecule has 4 rings (SSSR count). The van der Waals surface area contributed by atoms with Gasteiger partial charge in [0.25, 0.3) is 0 Å². The van der Waals surface area contributed by atoms with Crippen molar-refractivity contribution in [3.05, 3.63) is 144 Å². The van der Waals surface area contributed by atoms with E-state index in [2.05, 4.69) is 0 Å². The number of hydrogen-bond donors (Lipinski definition) is 0. The number of rotatable bonds is 8. The normalized spacial score (nSPS) is 8.98. The molecule has 0 saturated heterocycles. The van der Waals surface area contributed by atoms with Crippen LogP contribution in [0.5, 0.6) is 0 Å². The zero-order chi connectivity index (χ0) is 29.6. The Hall–Kier alpha value is -4.36. The summed E-state index contributed by atoms with van der Waals surface area (Å²) in [7, 11) is 0. The molecule has 0 aliphatic rings. The third-order valence-corrected chi connectivity index (χ3v) is 4.77. The van der Waals surface area contributed by atoms with Gasteiger partial charge in [-0.25, -0.2) is 0 Å². The molecule has 0 heterocycles. The first-order chi connectivity index (χ1) is 19.2. The molecule has 9 heteroatoms. The summed E-state index contributed by atoms with van der Waals surface area (Å²) < 4.78 is 0. The zero-order valence-electron chi connectivity index (χ0n) is 22.1. The summed E-state index contributed by atoms with van der Waals surface area (Å²) in [6.45, 7) is 0. The fourth-order valence-electron chi connectivity index (χ4n) is 3.05. The molecule has 0 unspecified atom stereocenters. The van der Waals surface area contributed by atoms with Gasteiger partial charge in [-0.1, -0.05) is 121 Å². The number of benzene rings is 4. The molecular weight excluding hydrogens is 604 g/mol. The topological polar surface area (TPSA) is 161 Å². The number of carboxylic acid groups (broad SMARTS) is 4. The second-order valence-electron chi connectivity index (χ2n) is 8.14. The summed E-state index contributed by atoms with van der Waals surface area (Å²) >= 11 is 0. The molecule has 4 aromatic carbocycles. The van der Waals surface area contributed by atoms with E-state index in [0.717, 1.165) is 22.3 Å². The van der Waals surface area contributed by atoms with Crippen LogP contribution in [0.3, 0.4) is 0 Å². The molecule has 208 valence electrons. The Morgan fingerprint density at radius 3 is 0.610 bits per heavy atom. The number of carboxylic acids is 4. The van der Waals surface area contributed by atoms with Gasteiger partial charge in [0.05, 0.1) is 0 Å². The zero-order valence-corrected chi connectivity index (χ0v) is 24.6. The predicted molar refractivity (Wildman–Crippen MR) is 141 cm³/mol. The van der Waals surface area contributed by atoms with Gasteiger partial charge < -0.3 is 39.6 Å². The van der Waals surface area contributed by atoms with Crippen LogP contribution in [0, 0.1) is 0 Å². The van der Waals surface area contributed by atoms with Crippen molar-refractivity contribution in [1.29, 1.82) is 0 Å². The molecule has 0 saturated carbocycles. The van der Waals surface area contributed by atoms with Crippen LogP contribution >= 0.6 is 0 Å². The SMILES string of the molecule is O=C([O-])Cc1ccccc1.O=C([O-])Cc1ccccc1.O=C([O-])Cc1ccccc1.O=C([O-])Cc1ccccc1.[Zr+4]. The monoisotopic (exact) mass is 630 g/mol. The molecule has 0 bridgehead atoms. The molecule has 0 aromatic heterocycles. The Labute approximate surface area is 258 Å². The molecule has 0 atom stereocenters. The molecule has 0 N–H and O–H groups in total. The molecule has 8 nitrogen and oxygen atoms in total. The average molecular weight is 632 g/mol. The van der Waals surface area contributed by atoms with Gasteiger partial charge in [0.2, 0.25) is 0 Å². The average Bonchev–Trinajstić information content (AvgIpc) is 2.91. The van der Waals surface area contributed by atoms with Crippen LogP contribution in [0.4, 0.5) is 0 Å². The first-order valence-electron chi connectivity index (χ1n) is 12.1. The maximum absolute atomic E-state index is 10.1. The van der Waals surface area contributed by atoms with Gasteiger partial charge in [0.15, 0.2) is 0 Å². The van der Waals surface area contributed by atoms with Crippen LogP contribution in [0.2, 0.25) is 0 Å². The largest absolute Gasteiger partial charge is 4.00 e. The molecule has 0 spiro atoms. The molecule has 0 fully saturated rings. The maximum atomic E-state index is 10.1. The molecular formula is C32H28O8Zr. The molecule has 0 aliphatic carbocycles. The summed E-state index contributed by atoms with van der Waals surface area (Å²) in [6.07, 6.45) is 0.00333. The van der Waals surface area contributed by atoms with E-state index in [4.69, 9.17) is 0 Å². The van der Waals surface area contributed by atoms with Crippen LogP contribution in [-0.2, 0) is 71.1 Å².